The zero-order valence-electron chi connectivity index (χ0n) is 9.56. The maximum atomic E-state index is 11.3. The SMILES string of the molecule is COCCN(CCO)c1cc(=O)[nH]c(C)n1. The van der Waals surface area contributed by atoms with E-state index in [4.69, 9.17) is 9.84 Å². The van der Waals surface area contributed by atoms with Gasteiger partial charge in [-0.25, -0.2) is 4.98 Å². The average Bonchev–Trinajstić information content (AvgIpc) is 2.22. The van der Waals surface area contributed by atoms with Gasteiger partial charge in [-0.1, -0.05) is 0 Å². The molecule has 0 aliphatic carbocycles. The van der Waals surface area contributed by atoms with Crippen LogP contribution in [0.1, 0.15) is 5.82 Å². The van der Waals surface area contributed by atoms with Crippen molar-refractivity contribution in [1.82, 2.24) is 9.97 Å². The molecule has 1 aromatic rings. The summed E-state index contributed by atoms with van der Waals surface area (Å²) in [6.07, 6.45) is 0. The number of H-pyrrole nitrogens is 1. The first-order valence-corrected chi connectivity index (χ1v) is 5.10. The number of aromatic nitrogens is 2. The first-order chi connectivity index (χ1) is 7.67. The number of aromatic amines is 1. The second-order valence-electron chi connectivity index (χ2n) is 3.39. The maximum absolute atomic E-state index is 11.3. The molecule has 0 aliphatic rings. The Balaban J connectivity index is 2.86. The zero-order valence-corrected chi connectivity index (χ0v) is 9.56. The maximum Gasteiger partial charge on any atom is 0.252 e. The van der Waals surface area contributed by atoms with Gasteiger partial charge in [-0.2, -0.15) is 0 Å². The lowest BCUT2D eigenvalue weighted by Gasteiger charge is -2.22. The minimum atomic E-state index is -0.192. The van der Waals surface area contributed by atoms with Crippen LogP contribution in [0.3, 0.4) is 0 Å². The van der Waals surface area contributed by atoms with Gasteiger partial charge in [0.05, 0.1) is 13.2 Å². The minimum Gasteiger partial charge on any atom is -0.395 e. The number of nitrogens with zero attached hydrogens (tertiary/aromatic N) is 2. The molecule has 0 fully saturated rings. The summed E-state index contributed by atoms with van der Waals surface area (Å²) in [6.45, 7) is 3.27. The smallest absolute Gasteiger partial charge is 0.252 e. The first-order valence-electron chi connectivity index (χ1n) is 5.10. The quantitative estimate of drug-likeness (QED) is 0.686. The van der Waals surface area contributed by atoms with Crippen LogP contribution in [-0.2, 0) is 4.74 Å². The van der Waals surface area contributed by atoms with Crippen LogP contribution >= 0.6 is 0 Å². The summed E-state index contributed by atoms with van der Waals surface area (Å²) in [5, 5.41) is 8.94. The second kappa shape index (κ2) is 6.24. The molecule has 6 nitrogen and oxygen atoms in total. The van der Waals surface area contributed by atoms with Gasteiger partial charge in [0.2, 0.25) is 0 Å². The standard InChI is InChI=1S/C10H17N3O3/c1-8-11-9(7-10(15)12-8)13(3-5-14)4-6-16-2/h7,14H,3-6H2,1-2H3,(H,11,12,15). The van der Waals surface area contributed by atoms with Crippen molar-refractivity contribution in [2.45, 2.75) is 6.92 Å². The Morgan fingerprint density at radius 3 is 2.88 bits per heavy atom. The summed E-state index contributed by atoms with van der Waals surface area (Å²) >= 11 is 0. The number of aryl methyl sites for hydroxylation is 1. The third-order valence-corrected chi connectivity index (χ3v) is 2.11. The Kier molecular flexibility index (Phi) is 4.94. The highest BCUT2D eigenvalue weighted by atomic mass is 16.5. The molecule has 0 bridgehead atoms. The van der Waals surface area contributed by atoms with Gasteiger partial charge in [0.25, 0.3) is 5.56 Å². The summed E-state index contributed by atoms with van der Waals surface area (Å²) in [5.74, 6) is 1.12. The van der Waals surface area contributed by atoms with E-state index < -0.39 is 0 Å². The first kappa shape index (κ1) is 12.7. The van der Waals surface area contributed by atoms with Crippen LogP contribution in [0.5, 0.6) is 0 Å². The predicted molar refractivity (Wildman–Crippen MR) is 60.8 cm³/mol. The molecule has 90 valence electrons. The number of rotatable bonds is 6. The monoisotopic (exact) mass is 227 g/mol. The van der Waals surface area contributed by atoms with Crippen molar-refractivity contribution >= 4 is 5.82 Å². The minimum absolute atomic E-state index is 0.0112. The molecule has 2 N–H and O–H groups in total. The van der Waals surface area contributed by atoms with Crippen molar-refractivity contribution in [2.75, 3.05) is 38.3 Å². The molecular weight excluding hydrogens is 210 g/mol. The van der Waals surface area contributed by atoms with Crippen LogP contribution < -0.4 is 10.5 Å². The van der Waals surface area contributed by atoms with E-state index in [0.29, 0.717) is 31.3 Å². The van der Waals surface area contributed by atoms with Gasteiger partial charge in [0.1, 0.15) is 11.6 Å². The zero-order chi connectivity index (χ0) is 12.0. The van der Waals surface area contributed by atoms with Gasteiger partial charge < -0.3 is 19.7 Å². The van der Waals surface area contributed by atoms with Crippen molar-refractivity contribution in [3.63, 3.8) is 0 Å². The lowest BCUT2D eigenvalue weighted by Crippen LogP contribution is -2.32. The molecule has 0 amide bonds. The molecule has 0 saturated heterocycles. The van der Waals surface area contributed by atoms with Gasteiger partial charge in [0, 0.05) is 26.3 Å². The van der Waals surface area contributed by atoms with Crippen LogP contribution in [0.15, 0.2) is 10.9 Å². The van der Waals surface area contributed by atoms with Gasteiger partial charge in [-0.05, 0) is 6.92 Å². The van der Waals surface area contributed by atoms with Crippen molar-refractivity contribution < 1.29 is 9.84 Å². The van der Waals surface area contributed by atoms with Crippen molar-refractivity contribution in [3.8, 4) is 0 Å². The molecule has 0 spiro atoms. The largest absolute Gasteiger partial charge is 0.395 e. The normalized spacial score (nSPS) is 10.4. The molecule has 16 heavy (non-hydrogen) atoms. The molecule has 0 aliphatic heterocycles. The summed E-state index contributed by atoms with van der Waals surface area (Å²) in [6, 6.07) is 1.42. The van der Waals surface area contributed by atoms with E-state index in [0.717, 1.165) is 0 Å². The highest BCUT2D eigenvalue weighted by molar-refractivity contribution is 5.37. The summed E-state index contributed by atoms with van der Waals surface area (Å²) in [5.41, 5.74) is -0.192. The molecular formula is C10H17N3O3. The summed E-state index contributed by atoms with van der Waals surface area (Å²) < 4.78 is 4.96. The molecule has 0 atom stereocenters. The van der Waals surface area contributed by atoms with Crippen molar-refractivity contribution in [2.24, 2.45) is 0 Å². The second-order valence-corrected chi connectivity index (χ2v) is 3.39. The summed E-state index contributed by atoms with van der Waals surface area (Å²) in [4.78, 5) is 19.9. The molecule has 1 heterocycles. The van der Waals surface area contributed by atoms with Gasteiger partial charge in [-0.3, -0.25) is 4.79 Å². The Hall–Kier alpha value is -1.40. The van der Waals surface area contributed by atoms with Gasteiger partial charge in [0.15, 0.2) is 0 Å². The van der Waals surface area contributed by atoms with Crippen LogP contribution in [-0.4, -0.2) is 48.5 Å². The third-order valence-electron chi connectivity index (χ3n) is 2.11. The topological polar surface area (TPSA) is 78.5 Å². The fourth-order valence-electron chi connectivity index (χ4n) is 1.39. The van der Waals surface area contributed by atoms with Crippen molar-refractivity contribution in [1.29, 1.82) is 0 Å². The van der Waals surface area contributed by atoms with E-state index in [9.17, 15) is 4.79 Å². The highest BCUT2D eigenvalue weighted by Gasteiger charge is 2.08. The van der Waals surface area contributed by atoms with Crippen LogP contribution in [0.4, 0.5) is 5.82 Å². The van der Waals surface area contributed by atoms with Crippen molar-refractivity contribution in [3.05, 3.63) is 22.2 Å². The van der Waals surface area contributed by atoms with E-state index in [1.807, 2.05) is 4.90 Å². The molecule has 1 rings (SSSR count). The Bertz CT molecular complexity index is 378. The molecule has 0 unspecified atom stereocenters. The number of aliphatic hydroxyl groups is 1. The number of methoxy groups -OCH3 is 1. The molecule has 0 aromatic carbocycles. The highest BCUT2D eigenvalue weighted by Crippen LogP contribution is 2.06. The van der Waals surface area contributed by atoms with Crippen LogP contribution in [0.2, 0.25) is 0 Å². The van der Waals surface area contributed by atoms with E-state index in [1.165, 1.54) is 6.07 Å². The Morgan fingerprint density at radius 1 is 1.56 bits per heavy atom. The number of anilines is 1. The molecule has 1 aromatic heterocycles. The predicted octanol–water partition coefficient (Wildman–Crippen LogP) is -0.477. The number of hydrogen-bond donors (Lipinski definition) is 2. The third kappa shape index (κ3) is 3.63. The van der Waals surface area contributed by atoms with Crippen LogP contribution in [0.25, 0.3) is 0 Å². The Labute approximate surface area is 93.9 Å². The number of hydrogen-bond acceptors (Lipinski definition) is 5. The lowest BCUT2D eigenvalue weighted by molar-refractivity contribution is 0.202. The lowest BCUT2D eigenvalue weighted by atomic mass is 10.4. The Morgan fingerprint density at radius 2 is 2.31 bits per heavy atom. The number of aliphatic hydroxyl groups excluding tert-OH is 1. The van der Waals surface area contributed by atoms with Crippen LogP contribution in [0, 0.1) is 6.92 Å². The van der Waals surface area contributed by atoms with E-state index in [2.05, 4.69) is 9.97 Å². The molecule has 0 radical (unpaired) electrons. The number of nitrogens with one attached hydrogen (secondary N) is 1. The van der Waals surface area contributed by atoms with Gasteiger partial charge in [-0.15, -0.1) is 0 Å². The van der Waals surface area contributed by atoms with Gasteiger partial charge >= 0.3 is 0 Å². The van der Waals surface area contributed by atoms with E-state index in [1.54, 1.807) is 14.0 Å². The average molecular weight is 227 g/mol. The molecule has 0 saturated carbocycles. The fraction of sp³-hybridized carbons (Fsp3) is 0.600. The summed E-state index contributed by atoms with van der Waals surface area (Å²) in [7, 11) is 1.60. The fourth-order valence-corrected chi connectivity index (χ4v) is 1.39. The van der Waals surface area contributed by atoms with E-state index in [-0.39, 0.29) is 12.2 Å². The molecule has 6 heteroatoms. The number of ether oxygens (including phenoxy) is 1. The van der Waals surface area contributed by atoms with E-state index >= 15 is 0 Å².